The number of benzene rings is 1. The van der Waals surface area contributed by atoms with Gasteiger partial charge in [-0.3, -0.25) is 4.99 Å². The Balaban J connectivity index is 3.08. The molecule has 1 rings (SSSR count). The van der Waals surface area contributed by atoms with E-state index in [2.05, 4.69) is 4.99 Å². The van der Waals surface area contributed by atoms with E-state index >= 15 is 0 Å². The van der Waals surface area contributed by atoms with Crippen LogP contribution in [0.4, 0.5) is 0 Å². The SMILES string of the molecule is COB(OC)c1ccccc1C=NC(CO)(CO)CO. The van der Waals surface area contributed by atoms with Crippen LogP contribution in [0.2, 0.25) is 0 Å². The fraction of sp³-hybridized carbons (Fsp3) is 0.462. The summed E-state index contributed by atoms with van der Waals surface area (Å²) >= 11 is 0. The van der Waals surface area contributed by atoms with Gasteiger partial charge in [0.1, 0.15) is 5.54 Å². The highest BCUT2D eigenvalue weighted by molar-refractivity contribution is 6.62. The van der Waals surface area contributed by atoms with Gasteiger partial charge in [-0.05, 0) is 11.0 Å². The summed E-state index contributed by atoms with van der Waals surface area (Å²) in [7, 11) is 2.52. The lowest BCUT2D eigenvalue weighted by Gasteiger charge is -2.22. The van der Waals surface area contributed by atoms with Crippen molar-refractivity contribution < 1.29 is 24.6 Å². The van der Waals surface area contributed by atoms with Crippen LogP contribution in [0, 0.1) is 0 Å². The maximum absolute atomic E-state index is 9.24. The predicted octanol–water partition coefficient (Wildman–Crippen LogP) is -1.19. The average Bonchev–Trinajstić information content (AvgIpc) is 2.51. The smallest absolute Gasteiger partial charge is 0.410 e. The van der Waals surface area contributed by atoms with Crippen molar-refractivity contribution in [2.24, 2.45) is 4.99 Å². The zero-order chi connectivity index (χ0) is 15.0. The first-order valence-electron chi connectivity index (χ1n) is 6.18. The fourth-order valence-electron chi connectivity index (χ4n) is 1.67. The Morgan fingerprint density at radius 1 is 1.10 bits per heavy atom. The Labute approximate surface area is 118 Å². The van der Waals surface area contributed by atoms with Crippen molar-refractivity contribution in [2.45, 2.75) is 5.54 Å². The van der Waals surface area contributed by atoms with Gasteiger partial charge in [0.2, 0.25) is 0 Å². The maximum Gasteiger partial charge on any atom is 0.494 e. The molecule has 0 amide bonds. The van der Waals surface area contributed by atoms with Crippen LogP contribution < -0.4 is 5.46 Å². The van der Waals surface area contributed by atoms with E-state index in [-0.39, 0.29) is 0 Å². The molecule has 0 aliphatic heterocycles. The first-order valence-corrected chi connectivity index (χ1v) is 6.18. The Kier molecular flexibility index (Phi) is 6.84. The number of nitrogens with zero attached hydrogens (tertiary/aromatic N) is 1. The molecule has 0 unspecified atom stereocenters. The highest BCUT2D eigenvalue weighted by Crippen LogP contribution is 2.09. The second kappa shape index (κ2) is 8.13. The largest absolute Gasteiger partial charge is 0.494 e. The zero-order valence-electron chi connectivity index (χ0n) is 11.7. The number of hydrogen-bond donors (Lipinski definition) is 3. The van der Waals surface area contributed by atoms with Crippen LogP contribution in [-0.4, -0.2) is 68.2 Å². The molecule has 0 aliphatic carbocycles. The van der Waals surface area contributed by atoms with Crippen molar-refractivity contribution >= 4 is 18.8 Å². The first-order chi connectivity index (χ1) is 9.66. The second-order valence-corrected chi connectivity index (χ2v) is 4.39. The third kappa shape index (κ3) is 3.88. The Hall–Kier alpha value is -1.25. The molecule has 1 aromatic rings. The molecule has 110 valence electrons. The lowest BCUT2D eigenvalue weighted by Crippen LogP contribution is -2.41. The molecule has 0 atom stereocenters. The maximum atomic E-state index is 9.24. The van der Waals surface area contributed by atoms with Gasteiger partial charge in [-0.1, -0.05) is 24.3 Å². The highest BCUT2D eigenvalue weighted by atomic mass is 16.6. The summed E-state index contributed by atoms with van der Waals surface area (Å²) in [5, 5.41) is 27.7. The van der Waals surface area contributed by atoms with Gasteiger partial charge in [-0.2, -0.15) is 0 Å². The van der Waals surface area contributed by atoms with Crippen molar-refractivity contribution in [2.75, 3.05) is 34.0 Å². The summed E-state index contributed by atoms with van der Waals surface area (Å²) in [6.45, 7) is -1.34. The Morgan fingerprint density at radius 3 is 2.15 bits per heavy atom. The molecule has 6 nitrogen and oxygen atoms in total. The third-order valence-corrected chi connectivity index (χ3v) is 3.04. The minimum Gasteiger partial charge on any atom is -0.410 e. The molecule has 0 aromatic heterocycles. The molecule has 0 aliphatic rings. The molecule has 7 heteroatoms. The minimum absolute atomic E-state index is 0.448. The molecule has 0 heterocycles. The Bertz CT molecular complexity index is 424. The molecule has 20 heavy (non-hydrogen) atoms. The van der Waals surface area contributed by atoms with Crippen molar-refractivity contribution in [3.05, 3.63) is 29.8 Å². The van der Waals surface area contributed by atoms with Crippen LogP contribution >= 0.6 is 0 Å². The molecule has 0 spiro atoms. The van der Waals surface area contributed by atoms with Gasteiger partial charge >= 0.3 is 7.12 Å². The van der Waals surface area contributed by atoms with Gasteiger partial charge < -0.3 is 24.6 Å². The summed E-state index contributed by atoms with van der Waals surface area (Å²) < 4.78 is 10.4. The van der Waals surface area contributed by atoms with Gasteiger partial charge in [0.25, 0.3) is 0 Å². The van der Waals surface area contributed by atoms with Gasteiger partial charge in [-0.25, -0.2) is 0 Å². The number of aliphatic imine (C=N–C) groups is 1. The van der Waals surface area contributed by atoms with E-state index in [0.29, 0.717) is 0 Å². The van der Waals surface area contributed by atoms with Crippen LogP contribution in [-0.2, 0) is 9.31 Å². The molecular formula is C13H20BNO5. The number of hydrogen-bond acceptors (Lipinski definition) is 6. The molecule has 0 bridgehead atoms. The van der Waals surface area contributed by atoms with Gasteiger partial charge in [0.05, 0.1) is 19.8 Å². The topological polar surface area (TPSA) is 91.5 Å². The van der Waals surface area contributed by atoms with Crippen molar-refractivity contribution in [3.63, 3.8) is 0 Å². The fourth-order valence-corrected chi connectivity index (χ4v) is 1.67. The average molecular weight is 281 g/mol. The van der Waals surface area contributed by atoms with E-state index in [1.165, 1.54) is 20.4 Å². The van der Waals surface area contributed by atoms with Crippen molar-refractivity contribution in [1.82, 2.24) is 0 Å². The van der Waals surface area contributed by atoms with Crippen molar-refractivity contribution in [3.8, 4) is 0 Å². The predicted molar refractivity (Wildman–Crippen MR) is 77.4 cm³/mol. The van der Waals surface area contributed by atoms with E-state index < -0.39 is 32.5 Å². The lowest BCUT2D eigenvalue weighted by molar-refractivity contribution is 0.0718. The van der Waals surface area contributed by atoms with E-state index in [1.54, 1.807) is 6.07 Å². The number of rotatable bonds is 8. The van der Waals surface area contributed by atoms with Crippen molar-refractivity contribution in [1.29, 1.82) is 0 Å². The second-order valence-electron chi connectivity index (χ2n) is 4.39. The van der Waals surface area contributed by atoms with Crippen LogP contribution in [0.25, 0.3) is 0 Å². The third-order valence-electron chi connectivity index (χ3n) is 3.04. The van der Waals surface area contributed by atoms with Crippen LogP contribution in [0.3, 0.4) is 0 Å². The number of aliphatic hydroxyl groups is 3. The zero-order valence-corrected chi connectivity index (χ0v) is 11.7. The summed E-state index contributed by atoms with van der Waals surface area (Å²) in [6.07, 6.45) is 1.49. The summed E-state index contributed by atoms with van der Waals surface area (Å²) in [6, 6.07) is 7.30. The van der Waals surface area contributed by atoms with Gasteiger partial charge in [0, 0.05) is 20.4 Å². The standard InChI is InChI=1S/C13H20BNO5/c1-19-14(20-2)12-6-4-3-5-11(12)7-15-13(8-16,9-17)10-18/h3-7,16-18H,8-10H2,1-2H3. The molecule has 0 fully saturated rings. The molecule has 1 aromatic carbocycles. The quantitative estimate of drug-likeness (QED) is 0.411. The van der Waals surface area contributed by atoms with Crippen LogP contribution in [0.1, 0.15) is 5.56 Å². The summed E-state index contributed by atoms with van der Waals surface area (Å²) in [5.41, 5.74) is 0.202. The first kappa shape index (κ1) is 16.8. The van der Waals surface area contributed by atoms with Gasteiger partial charge in [-0.15, -0.1) is 0 Å². The summed E-state index contributed by atoms with van der Waals surface area (Å²) in [4.78, 5) is 4.11. The lowest BCUT2D eigenvalue weighted by atomic mass is 9.76. The van der Waals surface area contributed by atoms with E-state index in [1.807, 2.05) is 18.2 Å². The normalized spacial score (nSPS) is 12.1. The highest BCUT2D eigenvalue weighted by Gasteiger charge is 2.27. The molecule has 0 radical (unpaired) electrons. The van der Waals surface area contributed by atoms with Crippen LogP contribution in [0.5, 0.6) is 0 Å². The van der Waals surface area contributed by atoms with Crippen LogP contribution in [0.15, 0.2) is 29.3 Å². The van der Waals surface area contributed by atoms with Gasteiger partial charge in [0.15, 0.2) is 0 Å². The Morgan fingerprint density at radius 2 is 1.65 bits per heavy atom. The van der Waals surface area contributed by atoms with E-state index in [4.69, 9.17) is 9.31 Å². The minimum atomic E-state index is -1.29. The molecular weight excluding hydrogens is 261 g/mol. The molecule has 0 saturated carbocycles. The molecule has 0 saturated heterocycles. The monoisotopic (exact) mass is 281 g/mol. The van der Waals surface area contributed by atoms with E-state index in [0.717, 1.165) is 11.0 Å². The molecule has 3 N–H and O–H groups in total. The summed E-state index contributed by atoms with van der Waals surface area (Å²) in [5.74, 6) is 0. The number of aliphatic hydroxyl groups excluding tert-OH is 3. The van der Waals surface area contributed by atoms with E-state index in [9.17, 15) is 15.3 Å².